The fourth-order valence-corrected chi connectivity index (χ4v) is 1.90. The molecule has 0 bridgehead atoms. The zero-order valence-corrected chi connectivity index (χ0v) is 10.4. The molecule has 1 unspecified atom stereocenters. The summed E-state index contributed by atoms with van der Waals surface area (Å²) in [6.45, 7) is 0.451. The van der Waals surface area contributed by atoms with Crippen LogP contribution in [0.2, 0.25) is 0 Å². The molecule has 0 saturated carbocycles. The number of amides is 2. The molecule has 102 valence electrons. The Balaban J connectivity index is 1.79. The zero-order valence-electron chi connectivity index (χ0n) is 10.4. The third kappa shape index (κ3) is 3.69. The van der Waals surface area contributed by atoms with Crippen LogP contribution in [0.3, 0.4) is 0 Å². The van der Waals surface area contributed by atoms with Crippen molar-refractivity contribution in [2.45, 2.75) is 25.5 Å². The molecule has 0 radical (unpaired) electrons. The topological polar surface area (TPSA) is 78.9 Å². The van der Waals surface area contributed by atoms with E-state index in [9.17, 15) is 14.8 Å². The Labute approximate surface area is 110 Å². The highest BCUT2D eigenvalue weighted by molar-refractivity contribution is 5.85. The summed E-state index contributed by atoms with van der Waals surface area (Å²) in [5.74, 6) is -0.497. The lowest BCUT2D eigenvalue weighted by Gasteiger charge is -2.27. The fourth-order valence-electron chi connectivity index (χ4n) is 1.90. The number of piperidine rings is 1. The van der Waals surface area contributed by atoms with E-state index in [1.807, 2.05) is 30.3 Å². The van der Waals surface area contributed by atoms with Gasteiger partial charge >= 0.3 is 6.09 Å². The van der Waals surface area contributed by atoms with E-state index in [1.165, 1.54) is 0 Å². The van der Waals surface area contributed by atoms with Crippen molar-refractivity contribution in [1.29, 1.82) is 0 Å². The summed E-state index contributed by atoms with van der Waals surface area (Å²) in [7, 11) is 0. The number of nitrogens with zero attached hydrogens (tertiary/aromatic N) is 1. The van der Waals surface area contributed by atoms with Gasteiger partial charge in [-0.05, 0) is 18.4 Å². The number of alkyl carbamates (subject to hydrolysis) is 1. The summed E-state index contributed by atoms with van der Waals surface area (Å²) < 4.78 is 5.01. The molecular weight excluding hydrogens is 248 g/mol. The first kappa shape index (κ1) is 13.4. The molecule has 19 heavy (non-hydrogen) atoms. The average Bonchev–Trinajstić information content (AvgIpc) is 2.43. The van der Waals surface area contributed by atoms with Crippen LogP contribution in [-0.2, 0) is 16.1 Å². The van der Waals surface area contributed by atoms with Gasteiger partial charge in [-0.2, -0.15) is 0 Å². The van der Waals surface area contributed by atoms with E-state index in [-0.39, 0.29) is 6.61 Å². The minimum absolute atomic E-state index is 0.149. The normalized spacial score (nSPS) is 19.1. The molecule has 6 heteroatoms. The third-order valence-electron chi connectivity index (χ3n) is 2.92. The summed E-state index contributed by atoms with van der Waals surface area (Å²) >= 11 is 0. The van der Waals surface area contributed by atoms with Crippen molar-refractivity contribution in [3.8, 4) is 0 Å². The molecule has 2 N–H and O–H groups in total. The number of nitrogens with one attached hydrogen (secondary N) is 1. The maximum absolute atomic E-state index is 11.6. The van der Waals surface area contributed by atoms with Gasteiger partial charge in [0.15, 0.2) is 0 Å². The van der Waals surface area contributed by atoms with E-state index < -0.39 is 18.0 Å². The van der Waals surface area contributed by atoms with Gasteiger partial charge in [-0.15, -0.1) is 0 Å². The van der Waals surface area contributed by atoms with E-state index in [4.69, 9.17) is 4.74 Å². The number of hydrogen-bond acceptors (Lipinski definition) is 4. The molecule has 1 aliphatic rings. The Kier molecular flexibility index (Phi) is 4.35. The maximum atomic E-state index is 11.6. The number of carbonyl (C=O) groups excluding carboxylic acids is 2. The Hall–Kier alpha value is -2.08. The van der Waals surface area contributed by atoms with Crippen LogP contribution in [-0.4, -0.2) is 34.9 Å². The minimum atomic E-state index is -0.706. The smallest absolute Gasteiger partial charge is 0.408 e. The fraction of sp³-hybridized carbons (Fsp3) is 0.385. The molecule has 1 aromatic carbocycles. The van der Waals surface area contributed by atoms with Crippen LogP contribution < -0.4 is 5.32 Å². The van der Waals surface area contributed by atoms with Crippen LogP contribution in [0.15, 0.2) is 30.3 Å². The molecule has 1 aromatic rings. The largest absolute Gasteiger partial charge is 0.445 e. The van der Waals surface area contributed by atoms with Gasteiger partial charge in [0.05, 0.1) is 0 Å². The van der Waals surface area contributed by atoms with Crippen LogP contribution in [0.1, 0.15) is 18.4 Å². The second-order valence-corrected chi connectivity index (χ2v) is 4.36. The molecule has 0 spiro atoms. The van der Waals surface area contributed by atoms with Crippen molar-refractivity contribution in [1.82, 2.24) is 10.4 Å². The average molecular weight is 264 g/mol. The molecular formula is C13H16N2O4. The second-order valence-electron chi connectivity index (χ2n) is 4.36. The zero-order chi connectivity index (χ0) is 13.7. The summed E-state index contributed by atoms with van der Waals surface area (Å²) in [5.41, 5.74) is 0.872. The predicted octanol–water partition coefficient (Wildman–Crippen LogP) is 1.29. The van der Waals surface area contributed by atoms with Gasteiger partial charge in [0.25, 0.3) is 5.91 Å². The highest BCUT2D eigenvalue weighted by Gasteiger charge is 2.29. The number of hydroxylamine groups is 2. The van der Waals surface area contributed by atoms with Gasteiger partial charge in [-0.1, -0.05) is 30.3 Å². The Bertz CT molecular complexity index is 449. The number of hydrogen-bond donors (Lipinski definition) is 2. The number of carbonyl (C=O) groups is 2. The Morgan fingerprint density at radius 1 is 1.42 bits per heavy atom. The van der Waals surface area contributed by atoms with Crippen LogP contribution in [0, 0.1) is 0 Å². The van der Waals surface area contributed by atoms with Crippen molar-refractivity contribution >= 4 is 12.0 Å². The third-order valence-corrected chi connectivity index (χ3v) is 2.92. The van der Waals surface area contributed by atoms with Crippen LogP contribution in [0.4, 0.5) is 4.79 Å². The van der Waals surface area contributed by atoms with Gasteiger partial charge in [-0.3, -0.25) is 10.0 Å². The van der Waals surface area contributed by atoms with Crippen molar-refractivity contribution < 1.29 is 19.5 Å². The van der Waals surface area contributed by atoms with Gasteiger partial charge in [-0.25, -0.2) is 9.86 Å². The Morgan fingerprint density at radius 2 is 2.16 bits per heavy atom. The number of ether oxygens (including phenoxy) is 1. The minimum Gasteiger partial charge on any atom is -0.445 e. The monoisotopic (exact) mass is 264 g/mol. The SMILES string of the molecule is O=C(NC1CCCN(O)C1=O)OCc1ccccc1. The lowest BCUT2D eigenvalue weighted by Crippen LogP contribution is -2.51. The molecule has 0 aromatic heterocycles. The molecule has 1 fully saturated rings. The van der Waals surface area contributed by atoms with Gasteiger partial charge in [0.1, 0.15) is 12.6 Å². The van der Waals surface area contributed by atoms with E-state index in [0.717, 1.165) is 5.56 Å². The lowest BCUT2D eigenvalue weighted by molar-refractivity contribution is -0.172. The molecule has 1 aliphatic heterocycles. The molecule has 0 aliphatic carbocycles. The lowest BCUT2D eigenvalue weighted by atomic mass is 10.1. The van der Waals surface area contributed by atoms with E-state index >= 15 is 0 Å². The molecule has 1 atom stereocenters. The van der Waals surface area contributed by atoms with E-state index in [1.54, 1.807) is 0 Å². The molecule has 1 heterocycles. The van der Waals surface area contributed by atoms with Crippen molar-refractivity contribution in [2.24, 2.45) is 0 Å². The first-order valence-electron chi connectivity index (χ1n) is 6.14. The van der Waals surface area contributed by atoms with Gasteiger partial charge in [0.2, 0.25) is 0 Å². The second kappa shape index (κ2) is 6.19. The summed E-state index contributed by atoms with van der Waals surface area (Å²) in [5, 5.41) is 12.3. The van der Waals surface area contributed by atoms with Crippen molar-refractivity contribution in [3.05, 3.63) is 35.9 Å². The van der Waals surface area contributed by atoms with E-state index in [2.05, 4.69) is 5.32 Å². The predicted molar refractivity (Wildman–Crippen MR) is 66.3 cm³/mol. The highest BCUT2D eigenvalue weighted by atomic mass is 16.5. The number of benzene rings is 1. The summed E-state index contributed by atoms with van der Waals surface area (Å²) in [4.78, 5) is 23.1. The Morgan fingerprint density at radius 3 is 2.89 bits per heavy atom. The molecule has 2 amide bonds. The number of rotatable bonds is 3. The van der Waals surface area contributed by atoms with Crippen LogP contribution in [0.25, 0.3) is 0 Å². The van der Waals surface area contributed by atoms with Crippen molar-refractivity contribution in [3.63, 3.8) is 0 Å². The standard InChI is InChI=1S/C13H16N2O4/c16-12-11(7-4-8-15(12)18)14-13(17)19-9-10-5-2-1-3-6-10/h1-3,5-6,11,18H,4,7-9H2,(H,14,17). The first-order valence-corrected chi connectivity index (χ1v) is 6.14. The molecule has 6 nitrogen and oxygen atoms in total. The molecule has 1 saturated heterocycles. The van der Waals surface area contributed by atoms with Crippen molar-refractivity contribution in [2.75, 3.05) is 6.54 Å². The quantitative estimate of drug-likeness (QED) is 0.806. The highest BCUT2D eigenvalue weighted by Crippen LogP contribution is 2.10. The van der Waals surface area contributed by atoms with E-state index in [0.29, 0.717) is 24.4 Å². The van der Waals surface area contributed by atoms with Gasteiger partial charge in [0, 0.05) is 6.54 Å². The first-order chi connectivity index (χ1) is 9.16. The van der Waals surface area contributed by atoms with Crippen LogP contribution in [0.5, 0.6) is 0 Å². The van der Waals surface area contributed by atoms with Crippen LogP contribution >= 0.6 is 0 Å². The summed E-state index contributed by atoms with van der Waals surface area (Å²) in [6, 6.07) is 8.56. The summed E-state index contributed by atoms with van der Waals surface area (Å²) in [6.07, 6.45) is 0.500. The maximum Gasteiger partial charge on any atom is 0.408 e. The molecule has 2 rings (SSSR count). The van der Waals surface area contributed by atoms with Gasteiger partial charge < -0.3 is 10.1 Å².